The number of carbonyl (C=O) groups is 1. The van der Waals surface area contributed by atoms with Crippen LogP contribution in [0.15, 0.2) is 24.3 Å². The fraction of sp³-hybridized carbons (Fsp3) is 0.696. The molecule has 1 aromatic carbocycles. The second kappa shape index (κ2) is 7.92. The van der Waals surface area contributed by atoms with Gasteiger partial charge in [-0.3, -0.25) is 9.69 Å². The smallest absolute Gasteiger partial charge is 0.219 e. The average molecular weight is 371 g/mol. The van der Waals surface area contributed by atoms with Gasteiger partial charge in [-0.05, 0) is 36.8 Å². The molecule has 1 spiro atoms. The van der Waals surface area contributed by atoms with Crippen molar-refractivity contribution in [1.82, 2.24) is 10.2 Å². The third-order valence-corrected chi connectivity index (χ3v) is 6.96. The maximum atomic E-state index is 11.7. The number of carbonyl (C=O) groups excluding carboxylic acids is 1. The van der Waals surface area contributed by atoms with Gasteiger partial charge in [-0.1, -0.05) is 44.5 Å². The molecule has 0 radical (unpaired) electrons. The fourth-order valence-electron chi connectivity index (χ4n) is 5.49. The zero-order valence-electron chi connectivity index (χ0n) is 16.9. The summed E-state index contributed by atoms with van der Waals surface area (Å²) in [5, 5.41) is 3.12. The van der Waals surface area contributed by atoms with E-state index >= 15 is 0 Å². The lowest BCUT2D eigenvalue weighted by Gasteiger charge is -2.29. The van der Waals surface area contributed by atoms with Gasteiger partial charge in [0.05, 0.1) is 11.7 Å². The Morgan fingerprint density at radius 2 is 2.04 bits per heavy atom. The van der Waals surface area contributed by atoms with E-state index in [0.717, 1.165) is 32.6 Å². The van der Waals surface area contributed by atoms with E-state index in [0.29, 0.717) is 24.4 Å². The standard InChI is InChI=1S/C23H34N2O2/c1-3-5-6-17-7-9-18(10-8-17)14-25-15-20-19(13-24-22(26)4-2)21-11-12-23(20,16-25)27-21/h7-10,19-21H,3-6,11-16H2,1-2H3,(H,24,26)/t19-,20+,21+,23+/m0/s1. The molecule has 3 fully saturated rings. The molecule has 4 nitrogen and oxygen atoms in total. The van der Waals surface area contributed by atoms with Gasteiger partial charge in [-0.25, -0.2) is 0 Å². The Hall–Kier alpha value is -1.39. The molecule has 4 atom stereocenters. The molecular formula is C23H34N2O2. The minimum Gasteiger partial charge on any atom is -0.370 e. The van der Waals surface area contributed by atoms with E-state index in [4.69, 9.17) is 4.74 Å². The maximum Gasteiger partial charge on any atom is 0.219 e. The van der Waals surface area contributed by atoms with Gasteiger partial charge in [-0.2, -0.15) is 0 Å². The Balaban J connectivity index is 1.36. The Labute approximate surface area is 163 Å². The highest BCUT2D eigenvalue weighted by Gasteiger charge is 2.62. The van der Waals surface area contributed by atoms with Gasteiger partial charge < -0.3 is 10.1 Å². The lowest BCUT2D eigenvalue weighted by molar-refractivity contribution is -0.121. The predicted octanol–water partition coefficient (Wildman–Crippen LogP) is 3.53. The number of benzene rings is 1. The maximum absolute atomic E-state index is 11.7. The number of likely N-dealkylation sites (tertiary alicyclic amines) is 1. The SMILES string of the molecule is CCCCc1ccc(CN2C[C@@H]3[C@H](CNC(=O)CC)[C@H]4CC[C@]3(C2)O4)cc1. The van der Waals surface area contributed by atoms with Crippen LogP contribution in [0, 0.1) is 11.8 Å². The lowest BCUT2D eigenvalue weighted by Crippen LogP contribution is -2.41. The second-order valence-corrected chi connectivity index (χ2v) is 8.78. The van der Waals surface area contributed by atoms with Gasteiger partial charge in [0.2, 0.25) is 5.91 Å². The number of ether oxygens (including phenoxy) is 1. The van der Waals surface area contributed by atoms with Crippen LogP contribution < -0.4 is 5.32 Å². The van der Waals surface area contributed by atoms with E-state index in [-0.39, 0.29) is 11.5 Å². The lowest BCUT2D eigenvalue weighted by atomic mass is 9.73. The van der Waals surface area contributed by atoms with Gasteiger partial charge in [0.15, 0.2) is 0 Å². The van der Waals surface area contributed by atoms with Gasteiger partial charge in [0, 0.05) is 44.4 Å². The van der Waals surface area contributed by atoms with Crippen molar-refractivity contribution in [3.8, 4) is 0 Å². The van der Waals surface area contributed by atoms with Gasteiger partial charge in [0.1, 0.15) is 0 Å². The zero-order valence-corrected chi connectivity index (χ0v) is 16.9. The van der Waals surface area contributed by atoms with Crippen LogP contribution in [0.2, 0.25) is 0 Å². The van der Waals surface area contributed by atoms with Crippen molar-refractivity contribution in [2.24, 2.45) is 11.8 Å². The quantitative estimate of drug-likeness (QED) is 0.761. The number of aryl methyl sites for hydroxylation is 1. The number of nitrogens with zero attached hydrogens (tertiary/aromatic N) is 1. The topological polar surface area (TPSA) is 41.6 Å². The van der Waals surface area contributed by atoms with E-state index in [1.807, 2.05) is 6.92 Å². The summed E-state index contributed by atoms with van der Waals surface area (Å²) < 4.78 is 6.50. The number of fused-ring (bicyclic) bond motifs is 1. The molecule has 148 valence electrons. The first-order chi connectivity index (χ1) is 13.1. The highest BCUT2D eigenvalue weighted by Crippen LogP contribution is 2.54. The van der Waals surface area contributed by atoms with Crippen LogP contribution in [0.5, 0.6) is 0 Å². The minimum atomic E-state index is 0.0490. The number of nitrogens with one attached hydrogen (secondary N) is 1. The molecule has 2 bridgehead atoms. The second-order valence-electron chi connectivity index (χ2n) is 8.78. The summed E-state index contributed by atoms with van der Waals surface area (Å²) in [7, 11) is 0. The Morgan fingerprint density at radius 1 is 1.26 bits per heavy atom. The summed E-state index contributed by atoms with van der Waals surface area (Å²) in [6, 6.07) is 9.19. The highest BCUT2D eigenvalue weighted by molar-refractivity contribution is 5.75. The van der Waals surface area contributed by atoms with Crippen LogP contribution in [0.4, 0.5) is 0 Å². The molecule has 3 saturated heterocycles. The molecule has 3 aliphatic rings. The molecule has 1 N–H and O–H groups in total. The number of rotatable bonds is 8. The van der Waals surface area contributed by atoms with Crippen molar-refractivity contribution in [3.63, 3.8) is 0 Å². The van der Waals surface area contributed by atoms with Gasteiger partial charge in [0.25, 0.3) is 0 Å². The van der Waals surface area contributed by atoms with Crippen molar-refractivity contribution < 1.29 is 9.53 Å². The summed E-state index contributed by atoms with van der Waals surface area (Å²) >= 11 is 0. The summed E-state index contributed by atoms with van der Waals surface area (Å²) in [4.78, 5) is 14.3. The monoisotopic (exact) mass is 370 g/mol. The van der Waals surface area contributed by atoms with Crippen LogP contribution in [-0.4, -0.2) is 42.1 Å². The molecule has 4 heteroatoms. The highest BCUT2D eigenvalue weighted by atomic mass is 16.5. The predicted molar refractivity (Wildman–Crippen MR) is 107 cm³/mol. The van der Waals surface area contributed by atoms with Crippen LogP contribution in [0.25, 0.3) is 0 Å². The summed E-state index contributed by atoms with van der Waals surface area (Å²) in [5.74, 6) is 1.21. The van der Waals surface area contributed by atoms with E-state index in [9.17, 15) is 4.79 Å². The molecule has 0 aliphatic carbocycles. The van der Waals surface area contributed by atoms with Gasteiger partial charge in [-0.15, -0.1) is 0 Å². The Bertz CT molecular complexity index is 659. The molecule has 0 unspecified atom stereocenters. The first-order valence-electron chi connectivity index (χ1n) is 10.9. The van der Waals surface area contributed by atoms with Crippen molar-refractivity contribution >= 4 is 5.91 Å². The Kier molecular flexibility index (Phi) is 5.56. The molecular weight excluding hydrogens is 336 g/mol. The molecule has 0 saturated carbocycles. The Morgan fingerprint density at radius 3 is 2.78 bits per heavy atom. The third-order valence-electron chi connectivity index (χ3n) is 6.96. The molecule has 0 aromatic heterocycles. The summed E-state index contributed by atoms with van der Waals surface area (Å²) in [5.41, 5.74) is 2.90. The number of amides is 1. The van der Waals surface area contributed by atoms with E-state index < -0.39 is 0 Å². The van der Waals surface area contributed by atoms with Crippen LogP contribution in [0.1, 0.15) is 57.1 Å². The molecule has 4 rings (SSSR count). The molecule has 3 heterocycles. The van der Waals surface area contributed by atoms with Crippen LogP contribution in [-0.2, 0) is 22.5 Å². The third kappa shape index (κ3) is 3.79. The number of hydrogen-bond donors (Lipinski definition) is 1. The van der Waals surface area contributed by atoms with Crippen LogP contribution >= 0.6 is 0 Å². The van der Waals surface area contributed by atoms with Crippen molar-refractivity contribution in [3.05, 3.63) is 35.4 Å². The average Bonchev–Trinajstić information content (AvgIpc) is 3.33. The zero-order chi connectivity index (χ0) is 18.9. The van der Waals surface area contributed by atoms with Crippen molar-refractivity contribution in [2.75, 3.05) is 19.6 Å². The normalized spacial score (nSPS) is 32.0. The largest absolute Gasteiger partial charge is 0.370 e. The minimum absolute atomic E-state index is 0.0490. The van der Waals surface area contributed by atoms with E-state index in [1.54, 1.807) is 0 Å². The molecule has 27 heavy (non-hydrogen) atoms. The first-order valence-corrected chi connectivity index (χ1v) is 10.9. The summed E-state index contributed by atoms with van der Waals surface area (Å²) in [6.45, 7) is 8.09. The van der Waals surface area contributed by atoms with E-state index in [2.05, 4.69) is 41.4 Å². The number of hydrogen-bond acceptors (Lipinski definition) is 3. The molecule has 1 amide bonds. The first kappa shape index (κ1) is 18.9. The van der Waals surface area contributed by atoms with Gasteiger partial charge >= 0.3 is 0 Å². The molecule has 1 aromatic rings. The number of unbranched alkanes of at least 4 members (excludes halogenated alkanes) is 1. The van der Waals surface area contributed by atoms with Crippen LogP contribution in [0.3, 0.4) is 0 Å². The fourth-order valence-corrected chi connectivity index (χ4v) is 5.49. The van der Waals surface area contributed by atoms with Crippen molar-refractivity contribution in [2.45, 2.75) is 70.6 Å². The van der Waals surface area contributed by atoms with Crippen molar-refractivity contribution in [1.29, 1.82) is 0 Å². The van der Waals surface area contributed by atoms with E-state index in [1.165, 1.54) is 36.8 Å². The summed E-state index contributed by atoms with van der Waals surface area (Å²) in [6.07, 6.45) is 6.97. The molecule has 3 aliphatic heterocycles.